The van der Waals surface area contributed by atoms with Gasteiger partial charge in [-0.3, -0.25) is 0 Å². The predicted molar refractivity (Wildman–Crippen MR) is 71.5 cm³/mol. The van der Waals surface area contributed by atoms with Crippen molar-refractivity contribution in [1.82, 2.24) is 5.32 Å². The topological polar surface area (TPSA) is 21.3 Å². The molecule has 1 atom stereocenters. The summed E-state index contributed by atoms with van der Waals surface area (Å²) in [6.45, 7) is 2.89. The Balaban J connectivity index is 2.17. The molecular formula is C13H21F2NOS. The van der Waals surface area contributed by atoms with Crippen molar-refractivity contribution in [2.75, 3.05) is 19.8 Å². The number of thiophene rings is 1. The van der Waals surface area contributed by atoms with Gasteiger partial charge >= 0.3 is 0 Å². The fourth-order valence-electron chi connectivity index (χ4n) is 1.81. The van der Waals surface area contributed by atoms with Gasteiger partial charge in [0.25, 0.3) is 6.43 Å². The number of hydrogen-bond donors (Lipinski definition) is 1. The minimum absolute atomic E-state index is 0.342. The van der Waals surface area contributed by atoms with Gasteiger partial charge in [-0.2, -0.15) is 0 Å². The summed E-state index contributed by atoms with van der Waals surface area (Å²) in [5.41, 5.74) is 0. The monoisotopic (exact) mass is 277 g/mol. The first-order valence-corrected chi connectivity index (χ1v) is 7.22. The molecule has 1 unspecified atom stereocenters. The van der Waals surface area contributed by atoms with Crippen LogP contribution < -0.4 is 5.32 Å². The molecule has 0 aromatic carbocycles. The molecule has 104 valence electrons. The lowest BCUT2D eigenvalue weighted by Crippen LogP contribution is -2.30. The van der Waals surface area contributed by atoms with E-state index >= 15 is 0 Å². The highest BCUT2D eigenvalue weighted by Crippen LogP contribution is 2.13. The first-order chi connectivity index (χ1) is 8.72. The Labute approximate surface area is 111 Å². The summed E-state index contributed by atoms with van der Waals surface area (Å²) >= 11 is 1.76. The number of ether oxygens (including phenoxy) is 1. The van der Waals surface area contributed by atoms with Crippen LogP contribution in [0.4, 0.5) is 8.78 Å². The SMILES string of the molecule is CCNC(CCOCC(F)F)CCc1cccs1. The van der Waals surface area contributed by atoms with Crippen molar-refractivity contribution in [2.24, 2.45) is 0 Å². The third-order valence-electron chi connectivity index (χ3n) is 2.67. The van der Waals surface area contributed by atoms with Gasteiger partial charge in [0.2, 0.25) is 0 Å². The Hall–Kier alpha value is -0.520. The van der Waals surface area contributed by atoms with Gasteiger partial charge in [0.05, 0.1) is 0 Å². The molecule has 0 amide bonds. The molecule has 0 bridgehead atoms. The predicted octanol–water partition coefficient (Wildman–Crippen LogP) is 3.33. The molecule has 0 saturated carbocycles. The van der Waals surface area contributed by atoms with E-state index in [1.165, 1.54) is 4.88 Å². The molecule has 1 heterocycles. The second kappa shape index (κ2) is 9.42. The van der Waals surface area contributed by atoms with Crippen LogP contribution in [0.2, 0.25) is 0 Å². The Morgan fingerprint density at radius 3 is 2.83 bits per heavy atom. The van der Waals surface area contributed by atoms with Gasteiger partial charge in [-0.15, -0.1) is 11.3 Å². The van der Waals surface area contributed by atoms with Crippen LogP contribution in [0.25, 0.3) is 0 Å². The van der Waals surface area contributed by atoms with Gasteiger partial charge in [-0.25, -0.2) is 8.78 Å². The number of rotatable bonds is 10. The lowest BCUT2D eigenvalue weighted by Gasteiger charge is -2.17. The van der Waals surface area contributed by atoms with E-state index in [0.717, 1.165) is 25.8 Å². The molecule has 0 aliphatic rings. The minimum atomic E-state index is -2.37. The van der Waals surface area contributed by atoms with E-state index in [0.29, 0.717) is 12.6 Å². The zero-order valence-corrected chi connectivity index (χ0v) is 11.5. The average Bonchev–Trinajstić information content (AvgIpc) is 2.84. The number of alkyl halides is 2. The number of halogens is 2. The molecule has 1 rings (SSSR count). The molecule has 1 aromatic heterocycles. The highest BCUT2D eigenvalue weighted by molar-refractivity contribution is 7.09. The lowest BCUT2D eigenvalue weighted by atomic mass is 10.1. The van der Waals surface area contributed by atoms with Crippen LogP contribution in [0.1, 0.15) is 24.6 Å². The van der Waals surface area contributed by atoms with Crippen molar-refractivity contribution < 1.29 is 13.5 Å². The van der Waals surface area contributed by atoms with E-state index in [1.807, 2.05) is 6.07 Å². The quantitative estimate of drug-likeness (QED) is 0.662. The van der Waals surface area contributed by atoms with Crippen molar-refractivity contribution in [3.63, 3.8) is 0 Å². The third-order valence-corrected chi connectivity index (χ3v) is 3.60. The largest absolute Gasteiger partial charge is 0.375 e. The van der Waals surface area contributed by atoms with Gasteiger partial charge in [0.1, 0.15) is 6.61 Å². The van der Waals surface area contributed by atoms with Crippen LogP contribution in [0, 0.1) is 0 Å². The van der Waals surface area contributed by atoms with E-state index in [2.05, 4.69) is 23.7 Å². The first kappa shape index (κ1) is 15.5. The summed E-state index contributed by atoms with van der Waals surface area (Å²) in [5, 5.41) is 5.44. The fraction of sp³-hybridized carbons (Fsp3) is 0.692. The molecule has 0 saturated heterocycles. The van der Waals surface area contributed by atoms with Crippen molar-refractivity contribution in [2.45, 2.75) is 38.7 Å². The zero-order chi connectivity index (χ0) is 13.2. The molecule has 5 heteroatoms. The maximum atomic E-state index is 11.9. The summed E-state index contributed by atoms with van der Waals surface area (Å²) < 4.78 is 28.7. The van der Waals surface area contributed by atoms with Crippen LogP contribution in [-0.2, 0) is 11.2 Å². The van der Waals surface area contributed by atoms with E-state index in [1.54, 1.807) is 11.3 Å². The van der Waals surface area contributed by atoms with E-state index in [-0.39, 0.29) is 0 Å². The maximum Gasteiger partial charge on any atom is 0.261 e. The Morgan fingerprint density at radius 1 is 1.39 bits per heavy atom. The molecule has 0 spiro atoms. The van der Waals surface area contributed by atoms with E-state index in [9.17, 15) is 8.78 Å². The highest BCUT2D eigenvalue weighted by Gasteiger charge is 2.09. The number of nitrogens with one attached hydrogen (secondary N) is 1. The Kier molecular flexibility index (Phi) is 8.13. The summed E-state index contributed by atoms with van der Waals surface area (Å²) in [6.07, 6.45) is 0.469. The van der Waals surface area contributed by atoms with Crippen molar-refractivity contribution in [3.05, 3.63) is 22.4 Å². The van der Waals surface area contributed by atoms with Crippen LogP contribution in [0.15, 0.2) is 17.5 Å². The number of aryl methyl sites for hydroxylation is 1. The van der Waals surface area contributed by atoms with Gasteiger partial charge in [-0.05, 0) is 37.3 Å². The van der Waals surface area contributed by atoms with Gasteiger partial charge in [-0.1, -0.05) is 13.0 Å². The van der Waals surface area contributed by atoms with Crippen LogP contribution in [0.3, 0.4) is 0 Å². The summed E-state index contributed by atoms with van der Waals surface area (Å²) in [4.78, 5) is 1.37. The molecule has 0 radical (unpaired) electrons. The molecular weight excluding hydrogens is 256 g/mol. The van der Waals surface area contributed by atoms with Crippen molar-refractivity contribution in [3.8, 4) is 0 Å². The Morgan fingerprint density at radius 2 is 2.22 bits per heavy atom. The molecule has 1 N–H and O–H groups in total. The summed E-state index contributed by atoms with van der Waals surface area (Å²) in [6, 6.07) is 4.52. The average molecular weight is 277 g/mol. The first-order valence-electron chi connectivity index (χ1n) is 6.34. The van der Waals surface area contributed by atoms with Gasteiger partial charge in [0.15, 0.2) is 0 Å². The highest BCUT2D eigenvalue weighted by atomic mass is 32.1. The van der Waals surface area contributed by atoms with E-state index < -0.39 is 13.0 Å². The van der Waals surface area contributed by atoms with Gasteiger partial charge in [0, 0.05) is 17.5 Å². The standard InChI is InChI=1S/C13H21F2NOS/c1-2-16-11(7-8-17-10-13(14)15)5-6-12-4-3-9-18-12/h3-4,9,11,13,16H,2,5-8,10H2,1H3. The van der Waals surface area contributed by atoms with Crippen LogP contribution in [-0.4, -0.2) is 32.2 Å². The lowest BCUT2D eigenvalue weighted by molar-refractivity contribution is 0.0142. The maximum absolute atomic E-state index is 11.9. The Bertz CT molecular complexity index is 293. The molecule has 1 aromatic rings. The third kappa shape index (κ3) is 7.03. The summed E-state index contributed by atoms with van der Waals surface area (Å²) in [5.74, 6) is 0. The number of hydrogen-bond acceptors (Lipinski definition) is 3. The summed E-state index contributed by atoms with van der Waals surface area (Å²) in [7, 11) is 0. The fourth-order valence-corrected chi connectivity index (χ4v) is 2.53. The molecule has 0 fully saturated rings. The normalized spacial score (nSPS) is 13.1. The second-order valence-electron chi connectivity index (χ2n) is 4.13. The molecule has 0 aliphatic heterocycles. The van der Waals surface area contributed by atoms with Crippen LogP contribution in [0.5, 0.6) is 0 Å². The van der Waals surface area contributed by atoms with Crippen LogP contribution >= 0.6 is 11.3 Å². The van der Waals surface area contributed by atoms with E-state index in [4.69, 9.17) is 4.74 Å². The smallest absolute Gasteiger partial charge is 0.261 e. The second-order valence-corrected chi connectivity index (χ2v) is 5.16. The molecule has 2 nitrogen and oxygen atoms in total. The zero-order valence-electron chi connectivity index (χ0n) is 10.7. The van der Waals surface area contributed by atoms with Crippen molar-refractivity contribution >= 4 is 11.3 Å². The minimum Gasteiger partial charge on any atom is -0.375 e. The van der Waals surface area contributed by atoms with Crippen molar-refractivity contribution in [1.29, 1.82) is 0 Å². The molecule has 0 aliphatic carbocycles. The molecule has 18 heavy (non-hydrogen) atoms. The van der Waals surface area contributed by atoms with Gasteiger partial charge < -0.3 is 10.1 Å².